The number of thiophene rings is 1. The van der Waals surface area contributed by atoms with Gasteiger partial charge < -0.3 is 10.6 Å². The normalized spacial score (nSPS) is 15.7. The van der Waals surface area contributed by atoms with E-state index in [2.05, 4.69) is 10.6 Å². The lowest BCUT2D eigenvalue weighted by atomic mass is 10.2. The van der Waals surface area contributed by atoms with Crippen molar-refractivity contribution in [2.45, 2.75) is 6.92 Å². The number of anilines is 1. The number of hydrogen-bond acceptors (Lipinski definition) is 4. The molecule has 122 valence electrons. The maximum atomic E-state index is 12.3. The number of hydrogen-bond donors (Lipinski definition) is 2. The van der Waals surface area contributed by atoms with Crippen LogP contribution in [0.4, 0.5) is 10.5 Å². The summed E-state index contributed by atoms with van der Waals surface area (Å²) in [5.74, 6) is -0.932. The second kappa shape index (κ2) is 6.67. The Hall–Kier alpha value is -2.93. The van der Waals surface area contributed by atoms with Crippen molar-refractivity contribution in [3.8, 4) is 0 Å². The molecule has 1 fully saturated rings. The summed E-state index contributed by atoms with van der Waals surface area (Å²) in [6.07, 6.45) is 1.60. The molecule has 0 spiro atoms. The SMILES string of the molecule is Cc1ccccc1NC(=O)CN1C(=O)N/C(=C/c2cccs2)C1=O. The number of urea groups is 1. The van der Waals surface area contributed by atoms with Crippen molar-refractivity contribution in [3.63, 3.8) is 0 Å². The molecule has 3 rings (SSSR count). The first-order valence-corrected chi connectivity index (χ1v) is 8.16. The van der Waals surface area contributed by atoms with Crippen LogP contribution >= 0.6 is 11.3 Å². The summed E-state index contributed by atoms with van der Waals surface area (Å²) < 4.78 is 0. The van der Waals surface area contributed by atoms with E-state index in [-0.39, 0.29) is 12.2 Å². The highest BCUT2D eigenvalue weighted by atomic mass is 32.1. The summed E-state index contributed by atoms with van der Waals surface area (Å²) in [7, 11) is 0. The third-order valence-corrected chi connectivity index (χ3v) is 4.33. The Labute approximate surface area is 142 Å². The molecule has 7 heteroatoms. The van der Waals surface area contributed by atoms with Crippen LogP contribution in [0.3, 0.4) is 0 Å². The fourth-order valence-electron chi connectivity index (χ4n) is 2.28. The van der Waals surface area contributed by atoms with E-state index in [9.17, 15) is 14.4 Å². The molecular formula is C17H15N3O3S. The molecule has 0 bridgehead atoms. The van der Waals surface area contributed by atoms with Crippen LogP contribution in [0.15, 0.2) is 47.5 Å². The Bertz CT molecular complexity index is 827. The Kier molecular flexibility index (Phi) is 4.43. The van der Waals surface area contributed by atoms with Crippen molar-refractivity contribution in [3.05, 3.63) is 57.9 Å². The maximum Gasteiger partial charge on any atom is 0.329 e. The molecule has 4 amide bonds. The lowest BCUT2D eigenvalue weighted by Crippen LogP contribution is -2.38. The van der Waals surface area contributed by atoms with Gasteiger partial charge in [-0.3, -0.25) is 9.59 Å². The first-order valence-electron chi connectivity index (χ1n) is 7.28. The van der Waals surface area contributed by atoms with Crippen LogP contribution in [0.1, 0.15) is 10.4 Å². The molecule has 0 atom stereocenters. The van der Waals surface area contributed by atoms with Crippen molar-refractivity contribution < 1.29 is 14.4 Å². The number of imide groups is 1. The Morgan fingerprint density at radius 3 is 2.75 bits per heavy atom. The van der Waals surface area contributed by atoms with Gasteiger partial charge in [0.1, 0.15) is 12.2 Å². The van der Waals surface area contributed by atoms with E-state index < -0.39 is 17.8 Å². The van der Waals surface area contributed by atoms with Gasteiger partial charge in [0.25, 0.3) is 5.91 Å². The third kappa shape index (κ3) is 3.36. The van der Waals surface area contributed by atoms with Gasteiger partial charge in [0.2, 0.25) is 5.91 Å². The summed E-state index contributed by atoms with van der Waals surface area (Å²) in [6.45, 7) is 1.53. The zero-order chi connectivity index (χ0) is 17.1. The van der Waals surface area contributed by atoms with E-state index in [0.29, 0.717) is 5.69 Å². The van der Waals surface area contributed by atoms with Gasteiger partial charge in [-0.2, -0.15) is 0 Å². The standard InChI is InChI=1S/C17H15N3O3S/c1-11-5-2-3-7-13(11)18-15(21)10-20-16(22)14(19-17(20)23)9-12-6-4-8-24-12/h2-9H,10H2,1H3,(H,18,21)(H,19,23)/b14-9+. The molecule has 0 unspecified atom stereocenters. The van der Waals surface area contributed by atoms with Crippen LogP contribution in [-0.4, -0.2) is 29.3 Å². The van der Waals surface area contributed by atoms with Gasteiger partial charge in [0.15, 0.2) is 0 Å². The molecule has 1 aliphatic rings. The van der Waals surface area contributed by atoms with E-state index in [1.807, 2.05) is 36.6 Å². The molecule has 0 radical (unpaired) electrons. The highest BCUT2D eigenvalue weighted by Crippen LogP contribution is 2.18. The summed E-state index contributed by atoms with van der Waals surface area (Å²) in [4.78, 5) is 38.1. The van der Waals surface area contributed by atoms with Crippen LogP contribution in [0.25, 0.3) is 6.08 Å². The van der Waals surface area contributed by atoms with E-state index in [4.69, 9.17) is 0 Å². The molecule has 1 aromatic heterocycles. The highest BCUT2D eigenvalue weighted by molar-refractivity contribution is 7.10. The van der Waals surface area contributed by atoms with Crippen LogP contribution < -0.4 is 10.6 Å². The lowest BCUT2D eigenvalue weighted by Gasteiger charge is -2.13. The molecule has 0 aliphatic carbocycles. The summed E-state index contributed by atoms with van der Waals surface area (Å²) >= 11 is 1.45. The van der Waals surface area contributed by atoms with Gasteiger partial charge >= 0.3 is 6.03 Å². The van der Waals surface area contributed by atoms with Gasteiger partial charge in [-0.15, -0.1) is 11.3 Å². The number of para-hydroxylation sites is 1. The predicted molar refractivity (Wildman–Crippen MR) is 92.3 cm³/mol. The van der Waals surface area contributed by atoms with Gasteiger partial charge in [-0.25, -0.2) is 9.69 Å². The molecule has 6 nitrogen and oxygen atoms in total. The Morgan fingerprint density at radius 2 is 2.04 bits per heavy atom. The monoisotopic (exact) mass is 341 g/mol. The minimum absolute atomic E-state index is 0.172. The number of benzene rings is 1. The summed E-state index contributed by atoms with van der Waals surface area (Å²) in [5, 5.41) is 7.08. The number of nitrogens with one attached hydrogen (secondary N) is 2. The average Bonchev–Trinajstić information content (AvgIpc) is 3.14. The van der Waals surface area contributed by atoms with Gasteiger partial charge in [-0.1, -0.05) is 24.3 Å². The van der Waals surface area contributed by atoms with Gasteiger partial charge in [-0.05, 0) is 36.1 Å². The maximum absolute atomic E-state index is 12.3. The number of aryl methyl sites for hydroxylation is 1. The fourth-order valence-corrected chi connectivity index (χ4v) is 2.93. The molecule has 24 heavy (non-hydrogen) atoms. The van der Waals surface area contributed by atoms with E-state index in [1.165, 1.54) is 11.3 Å². The molecule has 2 heterocycles. The molecule has 0 saturated carbocycles. The molecule has 2 N–H and O–H groups in total. The Balaban J connectivity index is 1.69. The van der Waals surface area contributed by atoms with Crippen molar-refractivity contribution in [1.29, 1.82) is 0 Å². The first kappa shape index (κ1) is 15.9. The number of rotatable bonds is 4. The van der Waals surface area contributed by atoms with Gasteiger partial charge in [0.05, 0.1) is 0 Å². The highest BCUT2D eigenvalue weighted by Gasteiger charge is 2.34. The van der Waals surface area contributed by atoms with Crippen molar-refractivity contribution in [2.75, 3.05) is 11.9 Å². The first-order chi connectivity index (χ1) is 11.5. The van der Waals surface area contributed by atoms with Crippen molar-refractivity contribution in [2.24, 2.45) is 0 Å². The molecule has 2 aromatic rings. The zero-order valence-corrected chi connectivity index (χ0v) is 13.7. The van der Waals surface area contributed by atoms with Gasteiger partial charge in [0, 0.05) is 10.6 Å². The number of nitrogens with zero attached hydrogens (tertiary/aromatic N) is 1. The van der Waals surface area contributed by atoms with E-state index >= 15 is 0 Å². The second-order valence-corrected chi connectivity index (χ2v) is 6.24. The number of carbonyl (C=O) groups is 3. The second-order valence-electron chi connectivity index (χ2n) is 5.26. The minimum Gasteiger partial charge on any atom is -0.324 e. The predicted octanol–water partition coefficient (Wildman–Crippen LogP) is 2.59. The van der Waals surface area contributed by atoms with Crippen LogP contribution in [0.2, 0.25) is 0 Å². The third-order valence-electron chi connectivity index (χ3n) is 3.51. The Morgan fingerprint density at radius 1 is 1.25 bits per heavy atom. The number of carbonyl (C=O) groups excluding carboxylic acids is 3. The van der Waals surface area contributed by atoms with E-state index in [1.54, 1.807) is 18.2 Å². The summed E-state index contributed by atoms with van der Waals surface area (Å²) in [5.41, 5.74) is 1.73. The van der Waals surface area contributed by atoms with Crippen LogP contribution in [0.5, 0.6) is 0 Å². The minimum atomic E-state index is -0.595. The average molecular weight is 341 g/mol. The van der Waals surface area contributed by atoms with Crippen LogP contribution in [0, 0.1) is 6.92 Å². The molecule has 1 aliphatic heterocycles. The molecular weight excluding hydrogens is 326 g/mol. The topological polar surface area (TPSA) is 78.5 Å². The lowest BCUT2D eigenvalue weighted by molar-refractivity contribution is -0.127. The van der Waals surface area contributed by atoms with Crippen molar-refractivity contribution >= 4 is 40.9 Å². The van der Waals surface area contributed by atoms with E-state index in [0.717, 1.165) is 15.3 Å². The summed E-state index contributed by atoms with van der Waals surface area (Å²) in [6, 6.07) is 10.4. The smallest absolute Gasteiger partial charge is 0.324 e. The number of amides is 4. The van der Waals surface area contributed by atoms with Crippen molar-refractivity contribution in [1.82, 2.24) is 10.2 Å². The van der Waals surface area contributed by atoms with Crippen LogP contribution in [-0.2, 0) is 9.59 Å². The quantitative estimate of drug-likeness (QED) is 0.663. The fraction of sp³-hybridized carbons (Fsp3) is 0.118. The molecule has 1 saturated heterocycles. The molecule has 1 aromatic carbocycles. The largest absolute Gasteiger partial charge is 0.329 e. The zero-order valence-electron chi connectivity index (χ0n) is 12.9.